The molecule has 1 N–H and O–H groups in total. The number of anilines is 1. The van der Waals surface area contributed by atoms with Gasteiger partial charge < -0.3 is 0 Å². The minimum Gasteiger partial charge on any atom is -0.272 e. The number of hydrogen-bond donors (Lipinski definition) is 1. The molecular weight excluding hydrogens is 356 g/mol. The molecule has 3 rings (SSSR count). The maximum atomic E-state index is 12.6. The van der Waals surface area contributed by atoms with E-state index in [0.29, 0.717) is 19.0 Å². The van der Waals surface area contributed by atoms with E-state index in [1.165, 1.54) is 16.4 Å². The van der Waals surface area contributed by atoms with Gasteiger partial charge in [-0.3, -0.25) is 15.5 Å². The molecule has 1 heterocycles. The van der Waals surface area contributed by atoms with Crippen LogP contribution in [0.15, 0.2) is 40.3 Å². The van der Waals surface area contributed by atoms with Gasteiger partial charge in [0.15, 0.2) is 0 Å². The number of hydrazone groups is 1. The Morgan fingerprint density at radius 2 is 2.04 bits per heavy atom. The average Bonchev–Trinajstić information content (AvgIpc) is 3.18. The van der Waals surface area contributed by atoms with Gasteiger partial charge >= 0.3 is 0 Å². The van der Waals surface area contributed by atoms with Crippen LogP contribution in [-0.4, -0.2) is 37.0 Å². The first-order chi connectivity index (χ1) is 12.5. The predicted molar refractivity (Wildman–Crippen MR) is 99.7 cm³/mol. The van der Waals surface area contributed by atoms with Crippen LogP contribution in [0.1, 0.15) is 32.1 Å². The van der Waals surface area contributed by atoms with Crippen molar-refractivity contribution in [3.63, 3.8) is 0 Å². The van der Waals surface area contributed by atoms with Crippen LogP contribution in [0.5, 0.6) is 0 Å². The molecule has 2 aliphatic rings. The molecule has 8 nitrogen and oxygen atoms in total. The number of sulfonamides is 1. The highest BCUT2D eigenvalue weighted by Crippen LogP contribution is 2.30. The number of nitrogens with one attached hydrogen (secondary N) is 1. The van der Waals surface area contributed by atoms with E-state index in [2.05, 4.69) is 22.7 Å². The molecule has 1 aliphatic carbocycles. The fraction of sp³-hybridized carbons (Fsp3) is 0.471. The number of nitro benzene ring substituents is 1. The lowest BCUT2D eigenvalue weighted by Crippen LogP contribution is -2.27. The van der Waals surface area contributed by atoms with E-state index in [1.54, 1.807) is 6.21 Å². The summed E-state index contributed by atoms with van der Waals surface area (Å²) >= 11 is 0. The molecule has 0 bridgehead atoms. The third-order valence-electron chi connectivity index (χ3n) is 4.65. The molecule has 1 atom stereocenters. The topological polar surface area (TPSA) is 105 Å². The minimum atomic E-state index is -3.69. The van der Waals surface area contributed by atoms with Crippen molar-refractivity contribution in [2.45, 2.75) is 37.0 Å². The van der Waals surface area contributed by atoms with Crippen LogP contribution >= 0.6 is 0 Å². The molecule has 9 heteroatoms. The lowest BCUT2D eigenvalue weighted by molar-refractivity contribution is -0.384. The second-order valence-electron chi connectivity index (χ2n) is 6.48. The van der Waals surface area contributed by atoms with E-state index in [0.717, 1.165) is 38.2 Å². The molecule has 26 heavy (non-hydrogen) atoms. The van der Waals surface area contributed by atoms with Gasteiger partial charge in [0.2, 0.25) is 10.0 Å². The molecule has 0 saturated carbocycles. The van der Waals surface area contributed by atoms with Gasteiger partial charge in [-0.2, -0.15) is 9.41 Å². The van der Waals surface area contributed by atoms with E-state index in [9.17, 15) is 18.5 Å². The second kappa shape index (κ2) is 7.96. The van der Waals surface area contributed by atoms with Gasteiger partial charge in [-0.1, -0.05) is 12.2 Å². The number of hydrogen-bond acceptors (Lipinski definition) is 6. The minimum absolute atomic E-state index is 0.0574. The van der Waals surface area contributed by atoms with Gasteiger partial charge in [-0.15, -0.1) is 0 Å². The largest absolute Gasteiger partial charge is 0.295 e. The number of nitrogens with zero attached hydrogens (tertiary/aromatic N) is 3. The molecule has 1 fully saturated rings. The molecule has 1 aromatic rings. The fourth-order valence-electron chi connectivity index (χ4n) is 3.16. The zero-order chi connectivity index (χ0) is 18.6. The Balaban J connectivity index is 1.79. The summed E-state index contributed by atoms with van der Waals surface area (Å²) in [6.07, 6.45) is 10.5. The first-order valence-corrected chi connectivity index (χ1v) is 10.2. The Hall–Kier alpha value is -2.26. The summed E-state index contributed by atoms with van der Waals surface area (Å²) in [5.74, 6) is 0.307. The van der Waals surface area contributed by atoms with Crippen molar-refractivity contribution >= 4 is 27.6 Å². The van der Waals surface area contributed by atoms with Crippen molar-refractivity contribution in [3.05, 3.63) is 40.5 Å². The van der Waals surface area contributed by atoms with Crippen molar-refractivity contribution in [1.29, 1.82) is 0 Å². The number of allylic oxidation sites excluding steroid dienone is 2. The van der Waals surface area contributed by atoms with E-state index >= 15 is 0 Å². The summed E-state index contributed by atoms with van der Waals surface area (Å²) in [7, 11) is -3.69. The van der Waals surface area contributed by atoms with Gasteiger partial charge in [0.1, 0.15) is 5.69 Å². The van der Waals surface area contributed by atoms with Crippen molar-refractivity contribution < 1.29 is 13.3 Å². The van der Waals surface area contributed by atoms with Gasteiger partial charge in [0.05, 0.1) is 9.82 Å². The normalized spacial score (nSPS) is 21.3. The van der Waals surface area contributed by atoms with Crippen molar-refractivity contribution in [2.24, 2.45) is 11.0 Å². The van der Waals surface area contributed by atoms with Crippen LogP contribution < -0.4 is 5.43 Å². The van der Waals surface area contributed by atoms with Crippen molar-refractivity contribution in [3.8, 4) is 0 Å². The lowest BCUT2D eigenvalue weighted by Gasteiger charge is -2.15. The van der Waals surface area contributed by atoms with Crippen LogP contribution in [0.4, 0.5) is 11.4 Å². The Bertz CT molecular complexity index is 829. The zero-order valence-corrected chi connectivity index (χ0v) is 15.2. The predicted octanol–water partition coefficient (Wildman–Crippen LogP) is 3.13. The molecule has 0 unspecified atom stereocenters. The van der Waals surface area contributed by atoms with Crippen LogP contribution in [0, 0.1) is 16.0 Å². The molecular formula is C17H22N4O4S. The number of rotatable bonds is 6. The third-order valence-corrected chi connectivity index (χ3v) is 6.54. The van der Waals surface area contributed by atoms with Crippen LogP contribution in [0.25, 0.3) is 0 Å². The maximum Gasteiger partial charge on any atom is 0.295 e. The number of benzene rings is 1. The molecule has 0 aromatic heterocycles. The SMILES string of the molecule is O=[N+]([O-])c1cc(S(=O)(=O)N2CCCC2)ccc1N/N=C\[C@@H]1CC=CCC1. The molecule has 0 spiro atoms. The standard InChI is InChI=1S/C17H22N4O4S/c22-21(23)17-12-15(26(24,25)20-10-4-5-11-20)8-9-16(17)19-18-13-14-6-2-1-3-7-14/h1-2,8-9,12-14,19H,3-7,10-11H2/b18-13-/t14-/m1/s1. The van der Waals surface area contributed by atoms with Crippen molar-refractivity contribution in [2.75, 3.05) is 18.5 Å². The summed E-state index contributed by atoms with van der Waals surface area (Å²) in [5.41, 5.74) is 2.56. The Morgan fingerprint density at radius 1 is 1.27 bits per heavy atom. The van der Waals surface area contributed by atoms with Crippen molar-refractivity contribution in [1.82, 2.24) is 4.31 Å². The first-order valence-electron chi connectivity index (χ1n) is 8.71. The summed E-state index contributed by atoms with van der Waals surface area (Å²) in [5, 5.41) is 15.5. The summed E-state index contributed by atoms with van der Waals surface area (Å²) < 4.78 is 26.5. The van der Waals surface area contributed by atoms with Crippen LogP contribution in [0.3, 0.4) is 0 Å². The lowest BCUT2D eigenvalue weighted by atomic mass is 9.96. The fourth-order valence-corrected chi connectivity index (χ4v) is 4.70. The Kier molecular flexibility index (Phi) is 5.67. The number of nitro groups is 1. The van der Waals surface area contributed by atoms with E-state index in [4.69, 9.17) is 0 Å². The molecule has 0 radical (unpaired) electrons. The van der Waals surface area contributed by atoms with Gasteiger partial charge in [-0.05, 0) is 50.2 Å². The molecule has 1 aromatic carbocycles. The van der Waals surface area contributed by atoms with Gasteiger partial charge in [0, 0.05) is 25.4 Å². The highest BCUT2D eigenvalue weighted by Gasteiger charge is 2.29. The Morgan fingerprint density at radius 3 is 2.69 bits per heavy atom. The summed E-state index contributed by atoms with van der Waals surface area (Å²) in [6, 6.07) is 3.90. The van der Waals surface area contributed by atoms with Gasteiger partial charge in [0.25, 0.3) is 5.69 Å². The highest BCUT2D eigenvalue weighted by atomic mass is 32.2. The molecule has 1 saturated heterocycles. The average molecular weight is 378 g/mol. The monoisotopic (exact) mass is 378 g/mol. The van der Waals surface area contributed by atoms with E-state index in [-0.39, 0.29) is 16.3 Å². The second-order valence-corrected chi connectivity index (χ2v) is 8.42. The Labute approximate surface area is 152 Å². The molecule has 140 valence electrons. The van der Waals surface area contributed by atoms with Crippen LogP contribution in [-0.2, 0) is 10.0 Å². The zero-order valence-electron chi connectivity index (χ0n) is 14.4. The quantitative estimate of drug-likeness (QED) is 0.354. The smallest absolute Gasteiger partial charge is 0.272 e. The maximum absolute atomic E-state index is 12.6. The van der Waals surface area contributed by atoms with E-state index in [1.807, 2.05) is 0 Å². The third kappa shape index (κ3) is 4.10. The molecule has 0 amide bonds. The van der Waals surface area contributed by atoms with Crippen LogP contribution in [0.2, 0.25) is 0 Å². The highest BCUT2D eigenvalue weighted by molar-refractivity contribution is 7.89. The van der Waals surface area contributed by atoms with Gasteiger partial charge in [-0.25, -0.2) is 8.42 Å². The summed E-state index contributed by atoms with van der Waals surface area (Å²) in [4.78, 5) is 10.7. The first kappa shape index (κ1) is 18.5. The van der Waals surface area contributed by atoms with E-state index < -0.39 is 14.9 Å². The molecule has 1 aliphatic heterocycles. The summed E-state index contributed by atoms with van der Waals surface area (Å²) in [6.45, 7) is 0.909.